The Morgan fingerprint density at radius 2 is 1.86 bits per heavy atom. The molecule has 1 N–H and O–H groups in total. The molecule has 7 nitrogen and oxygen atoms in total. The van der Waals surface area contributed by atoms with Crippen LogP contribution in [0.3, 0.4) is 0 Å². The van der Waals surface area contributed by atoms with Crippen molar-refractivity contribution in [2.75, 3.05) is 36.1 Å². The third-order valence-corrected chi connectivity index (χ3v) is 5.98. The molecular formula is C12H20ClN5O2S. The highest BCUT2D eigenvalue weighted by atomic mass is 35.5. The predicted molar refractivity (Wildman–Crippen MR) is 83.7 cm³/mol. The van der Waals surface area contributed by atoms with Gasteiger partial charge in [-0.05, 0) is 38.3 Å². The highest BCUT2D eigenvalue weighted by Gasteiger charge is 2.30. The molecule has 1 aliphatic heterocycles. The zero-order valence-electron chi connectivity index (χ0n) is 12.4. The Bertz CT molecular complexity index is 614. The Morgan fingerprint density at radius 1 is 1.24 bits per heavy atom. The molecule has 1 fully saturated rings. The Hall–Kier alpha value is -1.15. The van der Waals surface area contributed by atoms with Crippen molar-refractivity contribution in [1.82, 2.24) is 15.0 Å². The van der Waals surface area contributed by atoms with E-state index in [9.17, 15) is 8.42 Å². The summed E-state index contributed by atoms with van der Waals surface area (Å²) in [5.74, 6) is 0.834. The molecule has 1 aromatic heterocycles. The predicted octanol–water partition coefficient (Wildman–Crippen LogP) is 1.36. The van der Waals surface area contributed by atoms with Crippen molar-refractivity contribution < 1.29 is 8.42 Å². The lowest BCUT2D eigenvalue weighted by atomic mass is 10.2. The molecule has 0 aromatic carbocycles. The number of rotatable bonds is 5. The van der Waals surface area contributed by atoms with Crippen LogP contribution in [0.4, 0.5) is 11.9 Å². The van der Waals surface area contributed by atoms with Gasteiger partial charge in [-0.1, -0.05) is 0 Å². The van der Waals surface area contributed by atoms with E-state index in [-0.39, 0.29) is 11.8 Å². The average Bonchev–Trinajstić information content (AvgIpc) is 2.88. The van der Waals surface area contributed by atoms with E-state index in [1.807, 2.05) is 4.90 Å². The van der Waals surface area contributed by atoms with Gasteiger partial charge in [-0.3, -0.25) is 0 Å². The van der Waals surface area contributed by atoms with E-state index in [1.165, 1.54) is 6.26 Å². The molecule has 0 radical (unpaired) electrons. The first kappa shape index (κ1) is 16.2. The molecular weight excluding hydrogens is 314 g/mol. The van der Waals surface area contributed by atoms with Crippen molar-refractivity contribution in [2.24, 2.45) is 0 Å². The van der Waals surface area contributed by atoms with Crippen LogP contribution < -0.4 is 10.2 Å². The van der Waals surface area contributed by atoms with Gasteiger partial charge in [-0.2, -0.15) is 15.0 Å². The first-order valence-corrected chi connectivity index (χ1v) is 9.06. The molecule has 118 valence electrons. The molecule has 0 spiro atoms. The second-order valence-corrected chi connectivity index (χ2v) is 8.80. The molecule has 0 atom stereocenters. The summed E-state index contributed by atoms with van der Waals surface area (Å²) < 4.78 is 22.5. The number of nitrogens with zero attached hydrogens (tertiary/aromatic N) is 4. The van der Waals surface area contributed by atoms with Crippen LogP contribution in [0.5, 0.6) is 0 Å². The number of aromatic nitrogens is 3. The quantitative estimate of drug-likeness (QED) is 0.870. The first-order valence-electron chi connectivity index (χ1n) is 6.79. The van der Waals surface area contributed by atoms with Crippen molar-refractivity contribution in [1.29, 1.82) is 0 Å². The van der Waals surface area contributed by atoms with Crippen molar-refractivity contribution in [3.8, 4) is 0 Å². The van der Waals surface area contributed by atoms with Gasteiger partial charge in [0.15, 0.2) is 9.84 Å². The Kier molecular flexibility index (Phi) is 4.57. The Balaban J connectivity index is 2.13. The molecule has 0 unspecified atom stereocenters. The minimum absolute atomic E-state index is 0.103. The van der Waals surface area contributed by atoms with Crippen molar-refractivity contribution in [2.45, 2.75) is 31.4 Å². The average molecular weight is 334 g/mol. The lowest BCUT2D eigenvalue weighted by Crippen LogP contribution is -2.38. The highest BCUT2D eigenvalue weighted by molar-refractivity contribution is 7.92. The topological polar surface area (TPSA) is 88.1 Å². The molecule has 2 heterocycles. The van der Waals surface area contributed by atoms with Gasteiger partial charge in [0.2, 0.25) is 17.2 Å². The van der Waals surface area contributed by atoms with Crippen molar-refractivity contribution in [3.05, 3.63) is 5.28 Å². The molecule has 0 bridgehead atoms. The lowest BCUT2D eigenvalue weighted by molar-refractivity contribution is 0.559. The maximum Gasteiger partial charge on any atom is 0.231 e. The first-order chi connectivity index (χ1) is 9.69. The molecule has 1 aliphatic rings. The Labute approximate surface area is 130 Å². The second-order valence-electron chi connectivity index (χ2n) is 5.81. The summed E-state index contributed by atoms with van der Waals surface area (Å²) in [6, 6.07) is 0. The van der Waals surface area contributed by atoms with Crippen molar-refractivity contribution >= 4 is 33.3 Å². The van der Waals surface area contributed by atoms with Crippen LogP contribution in [0, 0.1) is 0 Å². The third kappa shape index (κ3) is 3.94. The van der Waals surface area contributed by atoms with Gasteiger partial charge in [0.25, 0.3) is 0 Å². The summed E-state index contributed by atoms with van der Waals surface area (Å²) in [6.45, 7) is 5.30. The largest absolute Gasteiger partial charge is 0.352 e. The molecule has 2 rings (SSSR count). The van der Waals surface area contributed by atoms with Gasteiger partial charge in [0, 0.05) is 25.9 Å². The van der Waals surface area contributed by atoms with Crippen LogP contribution in [-0.4, -0.2) is 54.0 Å². The van der Waals surface area contributed by atoms with Gasteiger partial charge >= 0.3 is 0 Å². The van der Waals surface area contributed by atoms with Gasteiger partial charge < -0.3 is 10.2 Å². The summed E-state index contributed by atoms with van der Waals surface area (Å²) in [7, 11) is -3.19. The third-order valence-electron chi connectivity index (χ3n) is 3.66. The minimum atomic E-state index is -3.19. The van der Waals surface area contributed by atoms with E-state index >= 15 is 0 Å². The smallest absolute Gasteiger partial charge is 0.231 e. The fourth-order valence-corrected chi connectivity index (χ4v) is 2.39. The molecule has 0 saturated carbocycles. The number of sulfone groups is 1. The molecule has 0 aliphatic carbocycles. The van der Waals surface area contributed by atoms with Gasteiger partial charge in [-0.15, -0.1) is 0 Å². The maximum absolute atomic E-state index is 11.7. The summed E-state index contributed by atoms with van der Waals surface area (Å²) >= 11 is 5.92. The number of halogens is 1. The fraction of sp³-hybridized carbons (Fsp3) is 0.750. The zero-order valence-corrected chi connectivity index (χ0v) is 14.0. The molecule has 9 heteroatoms. The van der Waals surface area contributed by atoms with E-state index in [1.54, 1.807) is 13.8 Å². The summed E-state index contributed by atoms with van der Waals surface area (Å²) in [4.78, 5) is 14.5. The highest BCUT2D eigenvalue weighted by Crippen LogP contribution is 2.20. The second kappa shape index (κ2) is 5.92. The SMILES string of the molecule is CC(C)(CNc1nc(Cl)nc(N2CCCC2)n1)S(C)(=O)=O. The summed E-state index contributed by atoms with van der Waals surface area (Å²) in [5, 5.41) is 3.05. The van der Waals surface area contributed by atoms with E-state index < -0.39 is 14.6 Å². The standard InChI is InChI=1S/C12H20ClN5O2S/c1-12(2,21(3,19)20)8-14-10-15-9(13)16-11(17-10)18-6-4-5-7-18/h4-8H2,1-3H3,(H,14,15,16,17). The van der Waals surface area contributed by atoms with Crippen LogP contribution in [0.15, 0.2) is 0 Å². The van der Waals surface area contributed by atoms with Crippen LogP contribution in [0.25, 0.3) is 0 Å². The van der Waals surface area contributed by atoms with Crippen LogP contribution in [0.1, 0.15) is 26.7 Å². The van der Waals surface area contributed by atoms with E-state index in [0.717, 1.165) is 25.9 Å². The number of anilines is 2. The van der Waals surface area contributed by atoms with E-state index in [4.69, 9.17) is 11.6 Å². The normalized spacial score (nSPS) is 16.3. The van der Waals surface area contributed by atoms with Crippen LogP contribution in [-0.2, 0) is 9.84 Å². The Morgan fingerprint density at radius 3 is 2.43 bits per heavy atom. The zero-order chi connectivity index (χ0) is 15.7. The van der Waals surface area contributed by atoms with Crippen LogP contribution >= 0.6 is 11.6 Å². The maximum atomic E-state index is 11.7. The molecule has 0 amide bonds. The molecule has 1 saturated heterocycles. The summed E-state index contributed by atoms with van der Waals surface area (Å²) in [6.07, 6.45) is 3.42. The minimum Gasteiger partial charge on any atom is -0.352 e. The lowest BCUT2D eigenvalue weighted by Gasteiger charge is -2.23. The van der Waals surface area contributed by atoms with Crippen molar-refractivity contribution in [3.63, 3.8) is 0 Å². The number of hydrogen-bond acceptors (Lipinski definition) is 7. The van der Waals surface area contributed by atoms with Gasteiger partial charge in [0.05, 0.1) is 4.75 Å². The van der Waals surface area contributed by atoms with E-state index in [2.05, 4.69) is 20.3 Å². The fourth-order valence-electron chi connectivity index (χ4n) is 1.90. The monoisotopic (exact) mass is 333 g/mol. The number of hydrogen-bond donors (Lipinski definition) is 1. The van der Waals surface area contributed by atoms with E-state index in [0.29, 0.717) is 11.9 Å². The van der Waals surface area contributed by atoms with Gasteiger partial charge in [-0.25, -0.2) is 8.42 Å². The summed E-state index contributed by atoms with van der Waals surface area (Å²) in [5.41, 5.74) is 0. The molecule has 21 heavy (non-hydrogen) atoms. The van der Waals surface area contributed by atoms with Crippen LogP contribution in [0.2, 0.25) is 5.28 Å². The van der Waals surface area contributed by atoms with Gasteiger partial charge in [0.1, 0.15) is 0 Å². The molecule has 1 aromatic rings. The number of nitrogens with one attached hydrogen (secondary N) is 1.